The Bertz CT molecular complexity index is 327. The van der Waals surface area contributed by atoms with Gasteiger partial charge in [0, 0.05) is 5.00 Å². The molecule has 0 fully saturated rings. The van der Waals surface area contributed by atoms with E-state index in [9.17, 15) is 0 Å². The van der Waals surface area contributed by atoms with E-state index in [1.54, 1.807) is 5.19 Å². The normalized spacial score (nSPS) is 15.4. The lowest BCUT2D eigenvalue weighted by Gasteiger charge is -2.16. The second-order valence-electron chi connectivity index (χ2n) is 4.97. The monoisotopic (exact) mass is 268 g/mol. The van der Waals surface area contributed by atoms with E-state index in [1.165, 1.54) is 17.5 Å². The quantitative estimate of drug-likeness (QED) is 0.549. The van der Waals surface area contributed by atoms with Crippen LogP contribution in [-0.4, -0.2) is 14.5 Å². The van der Waals surface area contributed by atoms with Crippen molar-refractivity contribution in [1.29, 1.82) is 0 Å². The molecule has 0 aliphatic rings. The first-order chi connectivity index (χ1) is 8.10. The Morgan fingerprint density at radius 3 is 2.00 bits per heavy atom. The molecule has 0 aromatic heterocycles. The third kappa shape index (κ3) is 4.48. The number of hydrogen-bond acceptors (Lipinski definition) is 0. The highest BCUT2D eigenvalue weighted by molar-refractivity contribution is 6.64. The SMILES string of the molecule is CCc1cc(CC)cc([SiH2]C(Cl)C(C)CC)c1. The average Bonchev–Trinajstić information content (AvgIpc) is 2.36. The van der Waals surface area contributed by atoms with E-state index in [0.29, 0.717) is 10.9 Å². The maximum atomic E-state index is 6.52. The summed E-state index contributed by atoms with van der Waals surface area (Å²) in [6.45, 7) is 8.96. The lowest BCUT2D eigenvalue weighted by atomic mass is 10.1. The summed E-state index contributed by atoms with van der Waals surface area (Å²) in [5, 5.41) is 1.94. The number of benzene rings is 1. The van der Waals surface area contributed by atoms with Crippen LogP contribution in [-0.2, 0) is 12.8 Å². The number of alkyl halides is 1. The number of hydrogen-bond donors (Lipinski definition) is 0. The van der Waals surface area contributed by atoms with Gasteiger partial charge in [-0.1, -0.05) is 57.5 Å². The molecule has 0 saturated carbocycles. The highest BCUT2D eigenvalue weighted by Crippen LogP contribution is 2.13. The van der Waals surface area contributed by atoms with Gasteiger partial charge in [-0.3, -0.25) is 0 Å². The Labute approximate surface area is 114 Å². The number of rotatable bonds is 6. The summed E-state index contributed by atoms with van der Waals surface area (Å²) in [6.07, 6.45) is 3.45. The first-order valence-electron chi connectivity index (χ1n) is 6.86. The maximum absolute atomic E-state index is 6.52. The van der Waals surface area contributed by atoms with Gasteiger partial charge in [0.05, 0.1) is 9.52 Å². The predicted octanol–water partition coefficient (Wildman–Crippen LogP) is 3.22. The molecule has 0 aliphatic heterocycles. The fourth-order valence-corrected chi connectivity index (χ4v) is 4.71. The second-order valence-corrected chi connectivity index (χ2v) is 8.15. The molecule has 0 bridgehead atoms. The number of halogens is 1. The van der Waals surface area contributed by atoms with Crippen molar-refractivity contribution in [3.63, 3.8) is 0 Å². The highest BCUT2D eigenvalue weighted by Gasteiger charge is 2.14. The van der Waals surface area contributed by atoms with E-state index in [-0.39, 0.29) is 9.52 Å². The molecule has 1 rings (SSSR count). The maximum Gasteiger partial charge on any atom is 0.0756 e. The van der Waals surface area contributed by atoms with Crippen LogP contribution in [0.15, 0.2) is 18.2 Å². The van der Waals surface area contributed by atoms with Crippen molar-refractivity contribution in [2.45, 2.75) is 52.0 Å². The van der Waals surface area contributed by atoms with Crippen molar-refractivity contribution in [3.8, 4) is 0 Å². The second kappa shape index (κ2) is 7.23. The van der Waals surface area contributed by atoms with Crippen molar-refractivity contribution in [2.75, 3.05) is 0 Å². The molecular formula is C15H25ClSi. The van der Waals surface area contributed by atoms with Gasteiger partial charge in [-0.2, -0.15) is 0 Å². The van der Waals surface area contributed by atoms with Gasteiger partial charge >= 0.3 is 0 Å². The summed E-state index contributed by atoms with van der Waals surface area (Å²) in [7, 11) is -0.341. The van der Waals surface area contributed by atoms with Crippen LogP contribution in [0.25, 0.3) is 0 Å². The molecule has 0 radical (unpaired) electrons. The van der Waals surface area contributed by atoms with E-state index in [4.69, 9.17) is 11.6 Å². The highest BCUT2D eigenvalue weighted by atomic mass is 35.5. The van der Waals surface area contributed by atoms with Gasteiger partial charge in [0.25, 0.3) is 0 Å². The fraction of sp³-hybridized carbons (Fsp3) is 0.600. The summed E-state index contributed by atoms with van der Waals surface area (Å²) in [6, 6.07) is 7.09. The molecule has 96 valence electrons. The summed E-state index contributed by atoms with van der Waals surface area (Å²) >= 11 is 6.52. The summed E-state index contributed by atoms with van der Waals surface area (Å²) < 4.78 is 0. The van der Waals surface area contributed by atoms with Crippen molar-refractivity contribution >= 4 is 26.3 Å². The van der Waals surface area contributed by atoms with Crippen molar-refractivity contribution in [3.05, 3.63) is 29.3 Å². The molecule has 2 heteroatoms. The summed E-state index contributed by atoms with van der Waals surface area (Å²) in [5.41, 5.74) is 2.94. The Morgan fingerprint density at radius 1 is 1.06 bits per heavy atom. The van der Waals surface area contributed by atoms with Crippen molar-refractivity contribution in [2.24, 2.45) is 5.92 Å². The Balaban J connectivity index is 2.82. The molecular weight excluding hydrogens is 244 g/mol. The molecule has 1 aromatic carbocycles. The average molecular weight is 269 g/mol. The van der Waals surface area contributed by atoms with E-state index >= 15 is 0 Å². The van der Waals surface area contributed by atoms with Gasteiger partial charge in [-0.25, -0.2) is 0 Å². The standard InChI is InChI=1S/C15H25ClSi/c1-5-11(4)15(16)17-14-9-12(6-2)8-13(7-3)10-14/h8-11,15H,5-7,17H2,1-4H3. The molecule has 2 atom stereocenters. The van der Waals surface area contributed by atoms with Crippen LogP contribution in [0.3, 0.4) is 0 Å². The minimum absolute atomic E-state index is 0.341. The molecule has 0 saturated heterocycles. The zero-order valence-corrected chi connectivity index (χ0v) is 13.8. The van der Waals surface area contributed by atoms with Crippen LogP contribution < -0.4 is 5.19 Å². The molecule has 0 nitrogen and oxygen atoms in total. The predicted molar refractivity (Wildman–Crippen MR) is 82.5 cm³/mol. The molecule has 0 spiro atoms. The zero-order chi connectivity index (χ0) is 12.8. The smallest absolute Gasteiger partial charge is 0.0756 e. The molecule has 0 heterocycles. The van der Waals surface area contributed by atoms with Crippen molar-refractivity contribution in [1.82, 2.24) is 0 Å². The lowest BCUT2D eigenvalue weighted by molar-refractivity contribution is 0.603. The molecule has 1 aromatic rings. The van der Waals surface area contributed by atoms with Crippen LogP contribution in [0, 0.1) is 5.92 Å². The van der Waals surface area contributed by atoms with Crippen LogP contribution in [0.2, 0.25) is 0 Å². The van der Waals surface area contributed by atoms with Gasteiger partial charge in [0.1, 0.15) is 0 Å². The van der Waals surface area contributed by atoms with Gasteiger partial charge in [-0.05, 0) is 29.9 Å². The minimum atomic E-state index is -0.341. The van der Waals surface area contributed by atoms with E-state index in [2.05, 4.69) is 45.9 Å². The number of aryl methyl sites for hydroxylation is 2. The summed E-state index contributed by atoms with van der Waals surface area (Å²) in [4.78, 5) is 0. The fourth-order valence-electron chi connectivity index (χ4n) is 2.05. The van der Waals surface area contributed by atoms with Gasteiger partial charge in [0.15, 0.2) is 0 Å². The van der Waals surface area contributed by atoms with Gasteiger partial charge in [-0.15, -0.1) is 11.6 Å². The first-order valence-corrected chi connectivity index (χ1v) is 8.82. The van der Waals surface area contributed by atoms with Crippen LogP contribution in [0.5, 0.6) is 0 Å². The third-order valence-electron chi connectivity index (χ3n) is 3.62. The Morgan fingerprint density at radius 2 is 1.59 bits per heavy atom. The van der Waals surface area contributed by atoms with Crippen molar-refractivity contribution < 1.29 is 0 Å². The minimum Gasteiger partial charge on any atom is -0.127 e. The van der Waals surface area contributed by atoms with E-state index in [0.717, 1.165) is 12.8 Å². The largest absolute Gasteiger partial charge is 0.127 e. The molecule has 0 amide bonds. The Kier molecular flexibility index (Phi) is 6.28. The molecule has 2 unspecified atom stereocenters. The van der Waals surface area contributed by atoms with Gasteiger partial charge in [0.2, 0.25) is 0 Å². The van der Waals surface area contributed by atoms with E-state index < -0.39 is 0 Å². The van der Waals surface area contributed by atoms with Gasteiger partial charge < -0.3 is 0 Å². The molecule has 0 N–H and O–H groups in total. The zero-order valence-electron chi connectivity index (χ0n) is 11.6. The van der Waals surface area contributed by atoms with Crippen LogP contribution >= 0.6 is 11.6 Å². The lowest BCUT2D eigenvalue weighted by Crippen LogP contribution is -2.29. The summed E-state index contributed by atoms with van der Waals surface area (Å²) in [5.74, 6) is 0.652. The topological polar surface area (TPSA) is 0 Å². The van der Waals surface area contributed by atoms with Crippen LogP contribution in [0.4, 0.5) is 0 Å². The first kappa shape index (κ1) is 14.8. The molecule has 17 heavy (non-hydrogen) atoms. The Hall–Kier alpha value is -0.273. The van der Waals surface area contributed by atoms with Crippen LogP contribution in [0.1, 0.15) is 45.2 Å². The molecule has 0 aliphatic carbocycles. The third-order valence-corrected chi connectivity index (χ3v) is 6.59. The van der Waals surface area contributed by atoms with E-state index in [1.807, 2.05) is 0 Å².